The molecule has 18 heavy (non-hydrogen) atoms. The molecule has 0 spiro atoms. The number of hydrogen-bond donors (Lipinski definition) is 1. The topological polar surface area (TPSA) is 41.0 Å². The molecule has 4 heteroatoms. The van der Waals surface area contributed by atoms with Crippen molar-refractivity contribution in [3.63, 3.8) is 0 Å². The fraction of sp³-hybridized carbons (Fsp3) is 0.714. The van der Waals surface area contributed by atoms with Gasteiger partial charge in [0.15, 0.2) is 0 Å². The lowest BCUT2D eigenvalue weighted by molar-refractivity contribution is 0.445. The molecule has 0 saturated carbocycles. The maximum atomic E-state index is 4.51. The minimum absolute atomic E-state index is 0.567. The Balaban J connectivity index is 2.00. The van der Waals surface area contributed by atoms with Crippen molar-refractivity contribution in [1.29, 1.82) is 0 Å². The van der Waals surface area contributed by atoms with Gasteiger partial charge in [0.05, 0.1) is 0 Å². The zero-order valence-corrected chi connectivity index (χ0v) is 11.7. The van der Waals surface area contributed by atoms with Crippen LogP contribution in [0.25, 0.3) is 0 Å². The average Bonchev–Trinajstić information content (AvgIpc) is 2.39. The summed E-state index contributed by atoms with van der Waals surface area (Å²) in [4.78, 5) is 11.3. The monoisotopic (exact) mass is 248 g/mol. The van der Waals surface area contributed by atoms with Crippen molar-refractivity contribution in [1.82, 2.24) is 15.3 Å². The Bertz CT molecular complexity index is 361. The molecule has 1 aromatic rings. The number of likely N-dealkylation sites (N-methyl/N-ethyl adjacent to an activating group) is 1. The smallest absolute Gasteiger partial charge is 0.225 e. The van der Waals surface area contributed by atoms with Crippen LogP contribution in [0.15, 0.2) is 12.4 Å². The second-order valence-corrected chi connectivity index (χ2v) is 5.56. The number of piperidine rings is 1. The van der Waals surface area contributed by atoms with Gasteiger partial charge in [-0.1, -0.05) is 13.8 Å². The van der Waals surface area contributed by atoms with E-state index in [9.17, 15) is 0 Å². The number of aromatic nitrogens is 2. The number of nitrogens with one attached hydrogen (secondary N) is 1. The molecule has 1 N–H and O–H groups in total. The first-order chi connectivity index (χ1) is 8.69. The molecule has 1 atom stereocenters. The number of anilines is 1. The Labute approximate surface area is 110 Å². The standard InChI is InChI=1S/C14H24N4/c1-11(2)7-12-8-16-14(17-9-12)18-6-4-5-13(10-18)15-3/h8-9,11,13,15H,4-7,10H2,1-3H3. The summed E-state index contributed by atoms with van der Waals surface area (Å²) in [5.41, 5.74) is 1.23. The van der Waals surface area contributed by atoms with Crippen molar-refractivity contribution in [2.45, 2.75) is 39.2 Å². The highest BCUT2D eigenvalue weighted by Crippen LogP contribution is 2.16. The Hall–Kier alpha value is -1.16. The highest BCUT2D eigenvalue weighted by atomic mass is 15.3. The minimum atomic E-state index is 0.567. The third-order valence-corrected chi connectivity index (χ3v) is 3.45. The van der Waals surface area contributed by atoms with Crippen LogP contribution in [0.2, 0.25) is 0 Å². The molecule has 1 aliphatic heterocycles. The van der Waals surface area contributed by atoms with Gasteiger partial charge in [-0.2, -0.15) is 0 Å². The van der Waals surface area contributed by atoms with Gasteiger partial charge in [-0.3, -0.25) is 0 Å². The van der Waals surface area contributed by atoms with Crippen LogP contribution in [0.1, 0.15) is 32.3 Å². The van der Waals surface area contributed by atoms with E-state index in [0.717, 1.165) is 25.5 Å². The van der Waals surface area contributed by atoms with Gasteiger partial charge in [0.25, 0.3) is 0 Å². The molecule has 1 aliphatic rings. The molecule has 0 bridgehead atoms. The van der Waals surface area contributed by atoms with Gasteiger partial charge in [0.2, 0.25) is 5.95 Å². The lowest BCUT2D eigenvalue weighted by atomic mass is 10.1. The Morgan fingerprint density at radius 2 is 2.11 bits per heavy atom. The van der Waals surface area contributed by atoms with E-state index in [2.05, 4.69) is 34.0 Å². The summed E-state index contributed by atoms with van der Waals surface area (Å²) < 4.78 is 0. The van der Waals surface area contributed by atoms with E-state index in [1.807, 2.05) is 19.4 Å². The van der Waals surface area contributed by atoms with Crippen molar-refractivity contribution < 1.29 is 0 Å². The van der Waals surface area contributed by atoms with E-state index in [0.29, 0.717) is 12.0 Å². The zero-order chi connectivity index (χ0) is 13.0. The summed E-state index contributed by atoms with van der Waals surface area (Å²) in [6.07, 6.45) is 7.47. The van der Waals surface area contributed by atoms with E-state index < -0.39 is 0 Å². The lowest BCUT2D eigenvalue weighted by Crippen LogP contribution is -2.45. The molecule has 2 rings (SSSR count). The van der Waals surface area contributed by atoms with E-state index in [1.54, 1.807) is 0 Å². The fourth-order valence-electron chi connectivity index (χ4n) is 2.48. The molecule has 1 unspecified atom stereocenters. The summed E-state index contributed by atoms with van der Waals surface area (Å²) in [5, 5.41) is 3.34. The normalized spacial score (nSPS) is 20.4. The first-order valence-electron chi connectivity index (χ1n) is 6.92. The van der Waals surface area contributed by atoms with Crippen LogP contribution in [0.4, 0.5) is 5.95 Å². The Morgan fingerprint density at radius 1 is 1.39 bits per heavy atom. The highest BCUT2D eigenvalue weighted by molar-refractivity contribution is 5.31. The van der Waals surface area contributed by atoms with Crippen LogP contribution < -0.4 is 10.2 Å². The zero-order valence-electron chi connectivity index (χ0n) is 11.7. The van der Waals surface area contributed by atoms with Gasteiger partial charge in [-0.25, -0.2) is 9.97 Å². The molecule has 2 heterocycles. The summed E-state index contributed by atoms with van der Waals surface area (Å²) >= 11 is 0. The second-order valence-electron chi connectivity index (χ2n) is 5.56. The lowest BCUT2D eigenvalue weighted by Gasteiger charge is -2.32. The molecule has 0 radical (unpaired) electrons. The molecule has 1 aromatic heterocycles. The molecular weight excluding hydrogens is 224 g/mol. The van der Waals surface area contributed by atoms with Crippen molar-refractivity contribution >= 4 is 5.95 Å². The molecule has 1 fully saturated rings. The van der Waals surface area contributed by atoms with Crippen LogP contribution in [0.3, 0.4) is 0 Å². The van der Waals surface area contributed by atoms with Gasteiger partial charge in [-0.05, 0) is 37.8 Å². The van der Waals surface area contributed by atoms with Gasteiger partial charge < -0.3 is 10.2 Å². The quantitative estimate of drug-likeness (QED) is 0.883. The van der Waals surface area contributed by atoms with Crippen molar-refractivity contribution in [3.8, 4) is 0 Å². The second kappa shape index (κ2) is 6.14. The van der Waals surface area contributed by atoms with E-state index >= 15 is 0 Å². The third-order valence-electron chi connectivity index (χ3n) is 3.45. The van der Waals surface area contributed by atoms with Crippen LogP contribution in [0.5, 0.6) is 0 Å². The van der Waals surface area contributed by atoms with Crippen molar-refractivity contribution in [2.75, 3.05) is 25.0 Å². The molecule has 0 amide bonds. The van der Waals surface area contributed by atoms with Gasteiger partial charge >= 0.3 is 0 Å². The van der Waals surface area contributed by atoms with Crippen molar-refractivity contribution in [2.24, 2.45) is 5.92 Å². The van der Waals surface area contributed by atoms with Gasteiger partial charge in [0.1, 0.15) is 0 Å². The molecule has 0 aromatic carbocycles. The first-order valence-corrected chi connectivity index (χ1v) is 6.92. The van der Waals surface area contributed by atoms with E-state index in [-0.39, 0.29) is 0 Å². The maximum Gasteiger partial charge on any atom is 0.225 e. The maximum absolute atomic E-state index is 4.51. The number of nitrogens with zero attached hydrogens (tertiary/aromatic N) is 3. The third kappa shape index (κ3) is 3.42. The fourth-order valence-corrected chi connectivity index (χ4v) is 2.48. The average molecular weight is 248 g/mol. The molecule has 0 aliphatic carbocycles. The summed E-state index contributed by atoms with van der Waals surface area (Å²) in [6.45, 7) is 6.52. The molecular formula is C14H24N4. The van der Waals surface area contributed by atoms with Crippen molar-refractivity contribution in [3.05, 3.63) is 18.0 Å². The predicted molar refractivity (Wildman–Crippen MR) is 74.9 cm³/mol. The largest absolute Gasteiger partial charge is 0.339 e. The molecule has 100 valence electrons. The van der Waals surface area contributed by atoms with E-state index in [1.165, 1.54) is 18.4 Å². The highest BCUT2D eigenvalue weighted by Gasteiger charge is 2.20. The number of hydrogen-bond acceptors (Lipinski definition) is 4. The van der Waals surface area contributed by atoms with Crippen LogP contribution in [-0.2, 0) is 6.42 Å². The summed E-state index contributed by atoms with van der Waals surface area (Å²) in [6, 6.07) is 0.567. The van der Waals surface area contributed by atoms with Crippen LogP contribution in [0, 0.1) is 5.92 Å². The van der Waals surface area contributed by atoms with E-state index in [4.69, 9.17) is 0 Å². The molecule has 4 nitrogen and oxygen atoms in total. The number of rotatable bonds is 4. The summed E-state index contributed by atoms with van der Waals surface area (Å²) in [7, 11) is 2.03. The summed E-state index contributed by atoms with van der Waals surface area (Å²) in [5.74, 6) is 1.53. The Kier molecular flexibility index (Phi) is 4.53. The van der Waals surface area contributed by atoms with Gasteiger partial charge in [0, 0.05) is 31.5 Å². The predicted octanol–water partition coefficient (Wildman–Crippen LogP) is 1.86. The van der Waals surface area contributed by atoms with Gasteiger partial charge in [-0.15, -0.1) is 0 Å². The van der Waals surface area contributed by atoms with Crippen LogP contribution in [-0.4, -0.2) is 36.1 Å². The Morgan fingerprint density at radius 3 is 2.72 bits per heavy atom. The first kappa shape index (κ1) is 13.3. The molecule has 1 saturated heterocycles. The minimum Gasteiger partial charge on any atom is -0.339 e. The SMILES string of the molecule is CNC1CCCN(c2ncc(CC(C)C)cn2)C1. The van der Waals surface area contributed by atoms with Crippen LogP contribution >= 0.6 is 0 Å².